The quantitative estimate of drug-likeness (QED) is 0.492. The van der Waals surface area contributed by atoms with Crippen LogP contribution in [0.4, 0.5) is 5.69 Å². The Labute approximate surface area is 189 Å². The molecule has 1 aliphatic heterocycles. The van der Waals surface area contributed by atoms with E-state index in [1.54, 1.807) is 59.5 Å². The molecule has 8 heteroatoms. The van der Waals surface area contributed by atoms with Crippen LogP contribution in [0, 0.1) is 0 Å². The van der Waals surface area contributed by atoms with E-state index in [2.05, 4.69) is 4.98 Å². The SMILES string of the molecule is O=C(O)c1ccccc1N1CCN(C(=O)c2cccc(Oc3ccc4ncoc4c3)c2)CC1. The van der Waals surface area contributed by atoms with Crippen LogP contribution >= 0.6 is 0 Å². The molecule has 1 fully saturated rings. The fraction of sp³-hybridized carbons (Fsp3) is 0.160. The van der Waals surface area contributed by atoms with Crippen molar-refractivity contribution in [3.63, 3.8) is 0 Å². The Morgan fingerprint density at radius 1 is 0.909 bits per heavy atom. The van der Waals surface area contributed by atoms with Gasteiger partial charge in [-0.25, -0.2) is 9.78 Å². The molecule has 1 amide bonds. The van der Waals surface area contributed by atoms with Crippen LogP contribution < -0.4 is 9.64 Å². The largest absolute Gasteiger partial charge is 0.478 e. The molecular weight excluding hydrogens is 422 g/mol. The Kier molecular flexibility index (Phi) is 5.40. The van der Waals surface area contributed by atoms with Crippen LogP contribution in [0.1, 0.15) is 20.7 Å². The third kappa shape index (κ3) is 4.23. The molecule has 0 aliphatic carbocycles. The Hall–Kier alpha value is -4.33. The number of oxazole rings is 1. The second kappa shape index (κ2) is 8.66. The van der Waals surface area contributed by atoms with E-state index in [1.165, 1.54) is 6.39 Å². The molecule has 33 heavy (non-hydrogen) atoms. The Morgan fingerprint density at radius 2 is 1.70 bits per heavy atom. The second-order valence-electron chi connectivity index (χ2n) is 7.71. The molecule has 4 aromatic rings. The number of hydrogen-bond donors (Lipinski definition) is 1. The lowest BCUT2D eigenvalue weighted by molar-refractivity contribution is 0.0693. The number of aromatic carboxylic acids is 1. The number of carbonyl (C=O) groups excluding carboxylic acids is 1. The molecule has 8 nitrogen and oxygen atoms in total. The summed E-state index contributed by atoms with van der Waals surface area (Å²) in [5.41, 5.74) is 2.85. The minimum absolute atomic E-state index is 0.0858. The van der Waals surface area contributed by atoms with Crippen molar-refractivity contribution < 1.29 is 23.8 Å². The summed E-state index contributed by atoms with van der Waals surface area (Å²) in [6.45, 7) is 2.12. The van der Waals surface area contributed by atoms with E-state index in [1.807, 2.05) is 17.0 Å². The Morgan fingerprint density at radius 3 is 2.52 bits per heavy atom. The van der Waals surface area contributed by atoms with Gasteiger partial charge < -0.3 is 24.1 Å². The van der Waals surface area contributed by atoms with Crippen molar-refractivity contribution in [2.45, 2.75) is 0 Å². The molecule has 0 bridgehead atoms. The van der Waals surface area contributed by atoms with Crippen molar-refractivity contribution in [1.82, 2.24) is 9.88 Å². The van der Waals surface area contributed by atoms with E-state index in [0.29, 0.717) is 54.5 Å². The molecule has 0 spiro atoms. The number of piperazine rings is 1. The fourth-order valence-corrected chi connectivity index (χ4v) is 3.99. The van der Waals surface area contributed by atoms with Crippen LogP contribution in [0.5, 0.6) is 11.5 Å². The minimum Gasteiger partial charge on any atom is -0.478 e. The Balaban J connectivity index is 1.26. The van der Waals surface area contributed by atoms with Gasteiger partial charge in [-0.05, 0) is 42.5 Å². The maximum absolute atomic E-state index is 13.1. The van der Waals surface area contributed by atoms with Crippen molar-refractivity contribution >= 4 is 28.7 Å². The lowest BCUT2D eigenvalue weighted by Crippen LogP contribution is -2.49. The molecule has 0 atom stereocenters. The monoisotopic (exact) mass is 443 g/mol. The number of hydrogen-bond acceptors (Lipinski definition) is 6. The molecule has 166 valence electrons. The molecule has 5 rings (SSSR count). The molecule has 0 unspecified atom stereocenters. The third-order valence-corrected chi connectivity index (χ3v) is 5.66. The zero-order valence-corrected chi connectivity index (χ0v) is 17.7. The van der Waals surface area contributed by atoms with Crippen molar-refractivity contribution in [3.05, 3.63) is 84.3 Å². The number of carboxylic acids is 1. The van der Waals surface area contributed by atoms with E-state index in [4.69, 9.17) is 9.15 Å². The van der Waals surface area contributed by atoms with Gasteiger partial charge in [-0.2, -0.15) is 0 Å². The summed E-state index contributed by atoms with van der Waals surface area (Å²) in [5.74, 6) is 0.101. The van der Waals surface area contributed by atoms with Gasteiger partial charge in [-0.1, -0.05) is 18.2 Å². The van der Waals surface area contributed by atoms with Crippen LogP contribution in [0.3, 0.4) is 0 Å². The smallest absolute Gasteiger partial charge is 0.337 e. The number of rotatable bonds is 5. The summed E-state index contributed by atoms with van der Waals surface area (Å²) >= 11 is 0. The maximum atomic E-state index is 13.1. The number of nitrogens with zero attached hydrogens (tertiary/aromatic N) is 3. The van der Waals surface area contributed by atoms with E-state index < -0.39 is 5.97 Å². The van der Waals surface area contributed by atoms with E-state index in [-0.39, 0.29) is 11.5 Å². The number of benzene rings is 3. The topological polar surface area (TPSA) is 96.1 Å². The fourth-order valence-electron chi connectivity index (χ4n) is 3.99. The molecule has 1 aromatic heterocycles. The lowest BCUT2D eigenvalue weighted by Gasteiger charge is -2.36. The number of ether oxygens (including phenoxy) is 1. The molecule has 1 aliphatic rings. The predicted molar refractivity (Wildman–Crippen MR) is 122 cm³/mol. The van der Waals surface area contributed by atoms with Gasteiger partial charge in [0.25, 0.3) is 5.91 Å². The van der Waals surface area contributed by atoms with Gasteiger partial charge in [0.2, 0.25) is 0 Å². The molecule has 0 radical (unpaired) electrons. The van der Waals surface area contributed by atoms with Crippen LogP contribution in [0.2, 0.25) is 0 Å². The average molecular weight is 443 g/mol. The van der Waals surface area contributed by atoms with Crippen LogP contribution in [-0.2, 0) is 0 Å². The second-order valence-corrected chi connectivity index (χ2v) is 7.71. The molecule has 2 heterocycles. The highest BCUT2D eigenvalue weighted by atomic mass is 16.5. The zero-order valence-electron chi connectivity index (χ0n) is 17.7. The number of carboxylic acid groups (broad SMARTS) is 1. The molecular formula is C25H21N3O5. The normalized spacial score (nSPS) is 13.8. The lowest BCUT2D eigenvalue weighted by atomic mass is 10.1. The van der Waals surface area contributed by atoms with Gasteiger partial charge in [0.1, 0.15) is 17.0 Å². The van der Waals surface area contributed by atoms with Crippen LogP contribution in [0.15, 0.2) is 77.5 Å². The summed E-state index contributed by atoms with van der Waals surface area (Å²) in [5, 5.41) is 9.45. The van der Waals surface area contributed by atoms with Gasteiger partial charge in [-0.15, -0.1) is 0 Å². The standard InChI is InChI=1S/C25H21N3O5/c29-24(28-12-10-27(11-13-28)22-7-2-1-6-20(22)25(30)31)17-4-3-5-18(14-17)33-19-8-9-21-23(15-19)32-16-26-21/h1-9,14-16H,10-13H2,(H,30,31). The van der Waals surface area contributed by atoms with E-state index in [0.717, 1.165) is 5.52 Å². The summed E-state index contributed by atoms with van der Waals surface area (Å²) in [6, 6.07) is 19.4. The Bertz CT molecular complexity index is 1320. The number of fused-ring (bicyclic) bond motifs is 1. The van der Waals surface area contributed by atoms with Crippen molar-refractivity contribution in [2.24, 2.45) is 0 Å². The number of para-hydroxylation sites is 1. The molecule has 1 saturated heterocycles. The first-order chi connectivity index (χ1) is 16.1. The average Bonchev–Trinajstić information content (AvgIpc) is 3.32. The van der Waals surface area contributed by atoms with E-state index >= 15 is 0 Å². The van der Waals surface area contributed by atoms with Gasteiger partial charge in [-0.3, -0.25) is 4.79 Å². The molecule has 1 N–H and O–H groups in total. The predicted octanol–water partition coefficient (Wildman–Crippen LogP) is 4.28. The number of aromatic nitrogens is 1. The van der Waals surface area contributed by atoms with Gasteiger partial charge in [0, 0.05) is 37.8 Å². The highest BCUT2D eigenvalue weighted by Crippen LogP contribution is 2.27. The minimum atomic E-state index is -0.955. The van der Waals surface area contributed by atoms with Gasteiger partial charge in [0.15, 0.2) is 12.0 Å². The van der Waals surface area contributed by atoms with E-state index in [9.17, 15) is 14.7 Å². The molecule has 3 aromatic carbocycles. The first-order valence-corrected chi connectivity index (χ1v) is 10.6. The summed E-state index contributed by atoms with van der Waals surface area (Å²) in [6.07, 6.45) is 1.38. The van der Waals surface area contributed by atoms with Crippen molar-refractivity contribution in [1.29, 1.82) is 0 Å². The van der Waals surface area contributed by atoms with Crippen LogP contribution in [-0.4, -0.2) is 53.0 Å². The summed E-state index contributed by atoms with van der Waals surface area (Å²) < 4.78 is 11.2. The number of carbonyl (C=O) groups is 2. The maximum Gasteiger partial charge on any atom is 0.337 e. The highest BCUT2D eigenvalue weighted by Gasteiger charge is 2.24. The van der Waals surface area contributed by atoms with Gasteiger partial charge in [0.05, 0.1) is 11.3 Å². The molecule has 0 saturated carbocycles. The highest BCUT2D eigenvalue weighted by molar-refractivity contribution is 5.96. The summed E-state index contributed by atoms with van der Waals surface area (Å²) in [7, 11) is 0. The third-order valence-electron chi connectivity index (χ3n) is 5.66. The first kappa shape index (κ1) is 20.6. The number of anilines is 1. The van der Waals surface area contributed by atoms with Crippen LogP contribution in [0.25, 0.3) is 11.1 Å². The zero-order chi connectivity index (χ0) is 22.8. The van der Waals surface area contributed by atoms with Gasteiger partial charge >= 0.3 is 5.97 Å². The summed E-state index contributed by atoms with van der Waals surface area (Å²) in [4.78, 5) is 32.5. The van der Waals surface area contributed by atoms with Crippen molar-refractivity contribution in [3.8, 4) is 11.5 Å². The first-order valence-electron chi connectivity index (χ1n) is 10.6. The van der Waals surface area contributed by atoms with Crippen molar-refractivity contribution in [2.75, 3.05) is 31.1 Å². The number of amides is 1.